The molecular formula is C33H21BrF3N3O5S2. The zero-order chi connectivity index (χ0) is 33.0. The minimum atomic E-state index is -4.82. The number of rotatable bonds is 6. The van der Waals surface area contributed by atoms with Crippen molar-refractivity contribution in [3.8, 4) is 5.75 Å². The molecule has 238 valence electrons. The summed E-state index contributed by atoms with van der Waals surface area (Å²) in [4.78, 5) is 56.9. The van der Waals surface area contributed by atoms with Crippen molar-refractivity contribution in [1.82, 2.24) is 4.98 Å². The summed E-state index contributed by atoms with van der Waals surface area (Å²) in [6.07, 6.45) is -4.82. The number of fused-ring (bicyclic) bond motifs is 3. The Labute approximate surface area is 281 Å². The molecule has 1 fully saturated rings. The second-order valence-corrected chi connectivity index (χ2v) is 13.9. The lowest BCUT2D eigenvalue weighted by atomic mass is 9.82. The topological polar surface area (TPSA) is 109 Å². The number of alkyl halides is 3. The number of halogens is 4. The van der Waals surface area contributed by atoms with Crippen LogP contribution in [0.5, 0.6) is 5.75 Å². The van der Waals surface area contributed by atoms with E-state index in [0.29, 0.717) is 30.5 Å². The van der Waals surface area contributed by atoms with Gasteiger partial charge in [-0.2, -0.15) is 13.2 Å². The molecule has 2 aliphatic rings. The van der Waals surface area contributed by atoms with Gasteiger partial charge in [-0.3, -0.25) is 19.2 Å². The number of amides is 3. The lowest BCUT2D eigenvalue weighted by Crippen LogP contribution is -2.33. The van der Waals surface area contributed by atoms with Crippen LogP contribution in [0.4, 0.5) is 24.5 Å². The van der Waals surface area contributed by atoms with Crippen molar-refractivity contribution in [2.45, 2.75) is 22.4 Å². The van der Waals surface area contributed by atoms with Gasteiger partial charge < -0.3 is 15.0 Å². The largest absolute Gasteiger partial charge is 0.483 e. The highest BCUT2D eigenvalue weighted by molar-refractivity contribution is 9.10. The second-order valence-electron chi connectivity index (χ2n) is 10.8. The molecule has 4 aromatic carbocycles. The van der Waals surface area contributed by atoms with Crippen LogP contribution in [-0.4, -0.2) is 34.6 Å². The maximum absolute atomic E-state index is 14.1. The first-order chi connectivity index (χ1) is 22.5. The highest BCUT2D eigenvalue weighted by atomic mass is 79.9. The molecule has 2 aliphatic heterocycles. The number of ether oxygens (including phenoxy) is 1. The molecule has 8 nitrogen and oxygen atoms in total. The van der Waals surface area contributed by atoms with Crippen molar-refractivity contribution in [1.29, 1.82) is 0 Å². The van der Waals surface area contributed by atoms with Gasteiger partial charge in [0.25, 0.3) is 5.91 Å². The number of para-hydroxylation sites is 1. The van der Waals surface area contributed by atoms with E-state index in [1.54, 1.807) is 24.3 Å². The van der Waals surface area contributed by atoms with Gasteiger partial charge in [-0.15, -0.1) is 0 Å². The fourth-order valence-corrected chi connectivity index (χ4v) is 8.94. The zero-order valence-electron chi connectivity index (χ0n) is 23.8. The number of hydrogen-bond acceptors (Lipinski definition) is 7. The van der Waals surface area contributed by atoms with Crippen molar-refractivity contribution < 1.29 is 32.3 Å². The molecular weight excluding hydrogens is 719 g/mol. The van der Waals surface area contributed by atoms with E-state index in [9.17, 15) is 32.3 Å². The van der Waals surface area contributed by atoms with Gasteiger partial charge in [-0.25, -0.2) is 4.90 Å². The minimum absolute atomic E-state index is 0.207. The molecule has 0 aliphatic carbocycles. The molecule has 1 saturated heterocycles. The normalized spacial score (nSPS) is 19.1. The first-order valence-corrected chi connectivity index (χ1v) is 16.6. The minimum Gasteiger partial charge on any atom is -0.483 e. The van der Waals surface area contributed by atoms with Gasteiger partial charge in [0.15, 0.2) is 6.61 Å². The van der Waals surface area contributed by atoms with E-state index in [0.717, 1.165) is 46.0 Å². The second kappa shape index (κ2) is 12.0. The molecule has 3 heterocycles. The van der Waals surface area contributed by atoms with Gasteiger partial charge in [0, 0.05) is 31.9 Å². The summed E-state index contributed by atoms with van der Waals surface area (Å²) in [5.74, 6) is -4.03. The Morgan fingerprint density at radius 2 is 1.70 bits per heavy atom. The van der Waals surface area contributed by atoms with Crippen molar-refractivity contribution in [3.63, 3.8) is 0 Å². The monoisotopic (exact) mass is 739 g/mol. The average Bonchev–Trinajstić information content (AvgIpc) is 3.54. The first-order valence-electron chi connectivity index (χ1n) is 14.1. The molecule has 47 heavy (non-hydrogen) atoms. The molecule has 3 unspecified atom stereocenters. The van der Waals surface area contributed by atoms with Crippen LogP contribution >= 0.6 is 39.0 Å². The SMILES string of the molecule is O=C(COc1ccc(Br)cc1C1c2sc(=O)[nH]c2SC2C(=O)N(c3ccccc3C(F)(F)F)C(=O)C21)Nc1cccc2ccccc12. The molecule has 0 radical (unpaired) electrons. The quantitative estimate of drug-likeness (QED) is 0.179. The Kier molecular flexibility index (Phi) is 7.97. The smallest absolute Gasteiger partial charge is 0.418 e. The van der Waals surface area contributed by atoms with Gasteiger partial charge in [0.2, 0.25) is 11.8 Å². The van der Waals surface area contributed by atoms with Crippen LogP contribution in [0, 0.1) is 5.92 Å². The Balaban J connectivity index is 1.25. The zero-order valence-corrected chi connectivity index (χ0v) is 27.1. The van der Waals surface area contributed by atoms with Gasteiger partial charge in [0.05, 0.1) is 22.2 Å². The Bertz CT molecular complexity index is 2140. The number of imide groups is 1. The number of thioether (sulfide) groups is 1. The molecule has 0 spiro atoms. The third-order valence-electron chi connectivity index (χ3n) is 8.00. The molecule has 2 N–H and O–H groups in total. The number of H-pyrrole nitrogens is 1. The number of aromatic nitrogens is 1. The summed E-state index contributed by atoms with van der Waals surface area (Å²) in [5, 5.41) is 3.85. The Morgan fingerprint density at radius 1 is 0.957 bits per heavy atom. The van der Waals surface area contributed by atoms with E-state index in [1.165, 1.54) is 12.1 Å². The number of hydrogen-bond donors (Lipinski definition) is 2. The van der Waals surface area contributed by atoms with E-state index in [2.05, 4.69) is 26.2 Å². The third-order valence-corrected chi connectivity index (χ3v) is 10.9. The fourth-order valence-electron chi connectivity index (χ4n) is 6.06. The summed E-state index contributed by atoms with van der Waals surface area (Å²) in [6.45, 7) is -0.415. The van der Waals surface area contributed by atoms with E-state index in [-0.39, 0.29) is 5.75 Å². The van der Waals surface area contributed by atoms with Crippen LogP contribution in [0.1, 0.15) is 21.9 Å². The van der Waals surface area contributed by atoms with Crippen LogP contribution in [0.15, 0.2) is 99.2 Å². The van der Waals surface area contributed by atoms with Crippen molar-refractivity contribution in [3.05, 3.63) is 115 Å². The average molecular weight is 741 g/mol. The summed E-state index contributed by atoms with van der Waals surface area (Å²) in [5.41, 5.74) is -0.697. The Hall–Kier alpha value is -4.40. The van der Waals surface area contributed by atoms with E-state index < -0.39 is 63.7 Å². The van der Waals surface area contributed by atoms with E-state index in [4.69, 9.17) is 4.74 Å². The lowest BCUT2D eigenvalue weighted by Gasteiger charge is -2.31. The van der Waals surface area contributed by atoms with Crippen molar-refractivity contribution >= 4 is 78.9 Å². The molecule has 5 aromatic rings. The van der Waals surface area contributed by atoms with Gasteiger partial charge in [0.1, 0.15) is 11.0 Å². The first kappa shape index (κ1) is 31.2. The highest BCUT2D eigenvalue weighted by Gasteiger charge is 2.57. The number of thiazole rings is 1. The summed E-state index contributed by atoms with van der Waals surface area (Å²) >= 11 is 5.23. The summed E-state index contributed by atoms with van der Waals surface area (Å²) in [6, 6.07) is 22.4. The van der Waals surface area contributed by atoms with Gasteiger partial charge in [-0.1, -0.05) is 87.6 Å². The number of nitrogens with one attached hydrogen (secondary N) is 2. The van der Waals surface area contributed by atoms with Gasteiger partial charge in [-0.05, 0) is 41.8 Å². The summed E-state index contributed by atoms with van der Waals surface area (Å²) in [7, 11) is 0. The molecule has 1 aromatic heterocycles. The maximum Gasteiger partial charge on any atom is 0.418 e. The Morgan fingerprint density at radius 3 is 2.51 bits per heavy atom. The van der Waals surface area contributed by atoms with E-state index in [1.807, 2.05) is 36.4 Å². The van der Waals surface area contributed by atoms with Crippen molar-refractivity contribution in [2.75, 3.05) is 16.8 Å². The highest BCUT2D eigenvalue weighted by Crippen LogP contribution is 2.55. The molecule has 3 amide bonds. The maximum atomic E-state index is 14.1. The van der Waals surface area contributed by atoms with Crippen LogP contribution in [0.3, 0.4) is 0 Å². The van der Waals surface area contributed by atoms with Gasteiger partial charge >= 0.3 is 11.0 Å². The third kappa shape index (κ3) is 5.63. The van der Waals surface area contributed by atoms with E-state index >= 15 is 0 Å². The summed E-state index contributed by atoms with van der Waals surface area (Å²) < 4.78 is 48.6. The predicted molar refractivity (Wildman–Crippen MR) is 176 cm³/mol. The number of nitrogens with zero attached hydrogens (tertiary/aromatic N) is 1. The fraction of sp³-hybridized carbons (Fsp3) is 0.152. The standard InChI is InChI=1S/C33H21BrF3N3O5S2/c34-17-12-13-23(45-15-24(41)38-21-10-5-7-16-6-1-2-8-18(16)21)19(14-17)25-26-28(46-29-27(25)47-32(44)39-29)31(43)40(30(26)42)22-11-4-3-9-20(22)33(35,36)37/h1-14,25-26,28H,15H2,(H,38,41)(H,39,44). The van der Waals surface area contributed by atoms with Crippen LogP contribution < -0.4 is 19.8 Å². The number of benzene rings is 4. The number of carbonyl (C=O) groups excluding carboxylic acids is 3. The number of aromatic amines is 1. The molecule has 3 atom stereocenters. The van der Waals surface area contributed by atoms with Crippen LogP contribution in [0.2, 0.25) is 0 Å². The number of anilines is 2. The van der Waals surface area contributed by atoms with Crippen molar-refractivity contribution in [2.24, 2.45) is 5.92 Å². The predicted octanol–water partition coefficient (Wildman–Crippen LogP) is 7.18. The van der Waals surface area contributed by atoms with Crippen LogP contribution in [-0.2, 0) is 20.6 Å². The lowest BCUT2D eigenvalue weighted by molar-refractivity contribution is -0.137. The molecule has 0 saturated carbocycles. The number of carbonyl (C=O) groups is 3. The molecule has 7 rings (SSSR count). The molecule has 0 bridgehead atoms. The molecule has 14 heteroatoms. The van der Waals surface area contributed by atoms with Crippen LogP contribution in [0.25, 0.3) is 10.8 Å².